The van der Waals surface area contributed by atoms with Crippen LogP contribution in [0.25, 0.3) is 22.5 Å². The predicted octanol–water partition coefficient (Wildman–Crippen LogP) is 2.63. The number of pyridine rings is 1. The number of ether oxygens (including phenoxy) is 2. The first-order chi connectivity index (χ1) is 13.9. The van der Waals surface area contributed by atoms with Gasteiger partial charge in [-0.25, -0.2) is 9.97 Å². The first-order valence-electron chi connectivity index (χ1n) is 8.41. The van der Waals surface area contributed by atoms with Gasteiger partial charge in [-0.05, 0) is 25.1 Å². The van der Waals surface area contributed by atoms with Gasteiger partial charge in [-0.15, -0.1) is 0 Å². The van der Waals surface area contributed by atoms with Crippen LogP contribution < -0.4 is 15.2 Å². The largest absolute Gasteiger partial charge is 0.496 e. The number of hydrogen-bond donors (Lipinski definition) is 2. The van der Waals surface area contributed by atoms with Gasteiger partial charge in [-0.2, -0.15) is 5.26 Å². The van der Waals surface area contributed by atoms with E-state index in [2.05, 4.69) is 16.0 Å². The van der Waals surface area contributed by atoms with E-state index in [0.29, 0.717) is 33.9 Å². The maximum atomic E-state index is 9.57. The van der Waals surface area contributed by atoms with Crippen LogP contribution >= 0.6 is 0 Å². The summed E-state index contributed by atoms with van der Waals surface area (Å²) < 4.78 is 12.8. The Labute approximate surface area is 168 Å². The van der Waals surface area contributed by atoms with Crippen molar-refractivity contribution >= 4 is 12.3 Å². The number of carboxylic acid groups (broad SMARTS) is 1. The Morgan fingerprint density at radius 2 is 1.86 bits per heavy atom. The molecule has 1 aromatic carbocycles. The topological polar surface area (TPSA) is 136 Å². The number of benzene rings is 1. The molecular weight excluding hydrogens is 374 g/mol. The molecule has 150 valence electrons. The lowest BCUT2D eigenvalue weighted by Gasteiger charge is -2.15. The van der Waals surface area contributed by atoms with Crippen molar-refractivity contribution in [3.63, 3.8) is 0 Å². The van der Waals surface area contributed by atoms with Crippen molar-refractivity contribution in [3.8, 4) is 40.1 Å². The van der Waals surface area contributed by atoms with Gasteiger partial charge in [0.15, 0.2) is 0 Å². The number of carbonyl (C=O) groups is 1. The summed E-state index contributed by atoms with van der Waals surface area (Å²) in [5.41, 5.74) is 9.09. The molecule has 0 saturated carbocycles. The Morgan fingerprint density at radius 1 is 1.28 bits per heavy atom. The molecule has 3 aromatic rings. The van der Waals surface area contributed by atoms with Crippen LogP contribution in [0.4, 0.5) is 5.82 Å². The van der Waals surface area contributed by atoms with Crippen LogP contribution in [-0.4, -0.2) is 40.3 Å². The standard InChI is InChI=1S/C19H19N5O2.CH2O2/c1-11-22-10-15(24(11)2)12-8-14(23-19(21)13(12)9-20)18-16(25-3)6-5-7-17(18)26-4;2-1-3/h5-8,10H,1-4H3,(H2,21,23);1H,(H,2,3). The second-order valence-electron chi connectivity index (χ2n) is 5.82. The lowest BCUT2D eigenvalue weighted by Crippen LogP contribution is -2.03. The fourth-order valence-electron chi connectivity index (χ4n) is 2.87. The number of aryl methyl sites for hydroxylation is 1. The highest BCUT2D eigenvalue weighted by Crippen LogP contribution is 2.40. The first-order valence-corrected chi connectivity index (χ1v) is 8.41. The molecular formula is C20H21N5O4. The highest BCUT2D eigenvalue weighted by molar-refractivity contribution is 5.82. The second kappa shape index (κ2) is 9.23. The fraction of sp³-hybridized carbons (Fsp3) is 0.200. The second-order valence-corrected chi connectivity index (χ2v) is 5.82. The van der Waals surface area contributed by atoms with Crippen LogP contribution in [0, 0.1) is 18.3 Å². The zero-order valence-electron chi connectivity index (χ0n) is 16.5. The van der Waals surface area contributed by atoms with Crippen LogP contribution in [0.3, 0.4) is 0 Å². The van der Waals surface area contributed by atoms with Gasteiger partial charge in [0.2, 0.25) is 0 Å². The third-order valence-corrected chi connectivity index (χ3v) is 4.34. The molecule has 0 aliphatic heterocycles. The molecule has 2 aromatic heterocycles. The SMILES string of the molecule is COc1cccc(OC)c1-c1cc(-c2cnc(C)n2C)c(C#N)c(N)n1.O=CO. The number of hydrogen-bond acceptors (Lipinski definition) is 7. The van der Waals surface area contributed by atoms with E-state index in [1.165, 1.54) is 0 Å². The molecule has 0 unspecified atom stereocenters. The average molecular weight is 395 g/mol. The molecule has 0 fully saturated rings. The smallest absolute Gasteiger partial charge is 0.290 e. The summed E-state index contributed by atoms with van der Waals surface area (Å²) in [5, 5.41) is 16.5. The van der Waals surface area contributed by atoms with Crippen molar-refractivity contribution in [1.29, 1.82) is 5.26 Å². The van der Waals surface area contributed by atoms with Crippen LogP contribution in [-0.2, 0) is 11.8 Å². The van der Waals surface area contributed by atoms with Crippen LogP contribution in [0.1, 0.15) is 11.4 Å². The third-order valence-electron chi connectivity index (χ3n) is 4.34. The van der Waals surface area contributed by atoms with E-state index < -0.39 is 0 Å². The maximum absolute atomic E-state index is 9.57. The zero-order valence-corrected chi connectivity index (χ0v) is 16.5. The number of nitrogens with two attached hydrogens (primary N) is 1. The minimum atomic E-state index is -0.250. The monoisotopic (exact) mass is 395 g/mol. The van der Waals surface area contributed by atoms with Crippen molar-refractivity contribution < 1.29 is 19.4 Å². The summed E-state index contributed by atoms with van der Waals surface area (Å²) in [6, 6.07) is 9.43. The molecule has 0 amide bonds. The normalized spacial score (nSPS) is 9.76. The number of rotatable bonds is 4. The van der Waals surface area contributed by atoms with Gasteiger partial charge in [0.05, 0.1) is 37.4 Å². The van der Waals surface area contributed by atoms with Crippen molar-refractivity contribution in [1.82, 2.24) is 14.5 Å². The minimum absolute atomic E-state index is 0.145. The summed E-state index contributed by atoms with van der Waals surface area (Å²) in [4.78, 5) is 17.1. The van der Waals surface area contributed by atoms with Gasteiger partial charge in [-0.1, -0.05) is 6.07 Å². The van der Waals surface area contributed by atoms with Crippen molar-refractivity contribution in [3.05, 3.63) is 41.9 Å². The van der Waals surface area contributed by atoms with E-state index in [9.17, 15) is 5.26 Å². The quantitative estimate of drug-likeness (QED) is 0.643. The van der Waals surface area contributed by atoms with Crippen LogP contribution in [0.15, 0.2) is 30.5 Å². The van der Waals surface area contributed by atoms with Crippen molar-refractivity contribution in [2.75, 3.05) is 20.0 Å². The molecule has 2 heterocycles. The number of imidazole rings is 1. The number of methoxy groups -OCH3 is 2. The van der Waals surface area contributed by atoms with Gasteiger partial charge in [0.25, 0.3) is 6.47 Å². The van der Waals surface area contributed by atoms with Crippen molar-refractivity contribution in [2.24, 2.45) is 7.05 Å². The third kappa shape index (κ3) is 4.11. The highest BCUT2D eigenvalue weighted by atomic mass is 16.5. The van der Waals surface area contributed by atoms with Gasteiger partial charge in [-0.3, -0.25) is 4.79 Å². The molecule has 3 N–H and O–H groups in total. The fourth-order valence-corrected chi connectivity index (χ4v) is 2.87. The van der Waals surface area contributed by atoms with E-state index in [1.54, 1.807) is 20.4 Å². The lowest BCUT2D eigenvalue weighted by molar-refractivity contribution is -0.122. The maximum Gasteiger partial charge on any atom is 0.290 e. The highest BCUT2D eigenvalue weighted by Gasteiger charge is 2.20. The minimum Gasteiger partial charge on any atom is -0.496 e. The van der Waals surface area contributed by atoms with Crippen LogP contribution in [0.2, 0.25) is 0 Å². The predicted molar refractivity (Wildman–Crippen MR) is 108 cm³/mol. The Hall–Kier alpha value is -4.06. The Morgan fingerprint density at radius 3 is 2.31 bits per heavy atom. The van der Waals surface area contributed by atoms with E-state index in [1.807, 2.05) is 42.8 Å². The van der Waals surface area contributed by atoms with E-state index >= 15 is 0 Å². The summed E-state index contributed by atoms with van der Waals surface area (Å²) >= 11 is 0. The van der Waals surface area contributed by atoms with Crippen LogP contribution in [0.5, 0.6) is 11.5 Å². The molecule has 0 saturated heterocycles. The number of anilines is 1. The average Bonchev–Trinajstić information content (AvgIpc) is 3.05. The van der Waals surface area contributed by atoms with Crippen molar-refractivity contribution in [2.45, 2.75) is 6.92 Å². The molecule has 0 radical (unpaired) electrons. The molecule has 9 heteroatoms. The van der Waals surface area contributed by atoms with Gasteiger partial charge in [0, 0.05) is 12.6 Å². The first kappa shape index (κ1) is 21.2. The van der Waals surface area contributed by atoms with Gasteiger partial charge >= 0.3 is 0 Å². The van der Waals surface area contributed by atoms with E-state index in [0.717, 1.165) is 11.5 Å². The molecule has 0 aliphatic rings. The van der Waals surface area contributed by atoms with Gasteiger partial charge < -0.3 is 24.9 Å². The summed E-state index contributed by atoms with van der Waals surface area (Å²) in [7, 11) is 5.05. The van der Waals surface area contributed by atoms with E-state index in [4.69, 9.17) is 25.1 Å². The van der Waals surface area contributed by atoms with E-state index in [-0.39, 0.29) is 12.3 Å². The molecule has 0 atom stereocenters. The molecule has 0 spiro atoms. The Kier molecular flexibility index (Phi) is 6.76. The number of nitriles is 1. The summed E-state index contributed by atoms with van der Waals surface area (Å²) in [6.45, 7) is 1.64. The zero-order chi connectivity index (χ0) is 21.6. The molecule has 9 nitrogen and oxygen atoms in total. The molecule has 3 rings (SSSR count). The number of nitrogen functional groups attached to an aromatic ring is 1. The summed E-state index contributed by atoms with van der Waals surface area (Å²) in [6.07, 6.45) is 1.72. The molecule has 29 heavy (non-hydrogen) atoms. The Bertz CT molecular complexity index is 1050. The molecule has 0 aliphatic carbocycles. The Balaban J connectivity index is 0.000000941. The summed E-state index contributed by atoms with van der Waals surface area (Å²) in [5.74, 6) is 2.18. The van der Waals surface area contributed by atoms with Gasteiger partial charge in [0.1, 0.15) is 34.8 Å². The number of nitrogens with zero attached hydrogens (tertiary/aromatic N) is 4. The molecule has 0 bridgehead atoms. The number of aromatic nitrogens is 3. The lowest BCUT2D eigenvalue weighted by atomic mass is 10.0.